The molecule has 0 saturated carbocycles. The maximum absolute atomic E-state index is 10.9. The lowest BCUT2D eigenvalue weighted by molar-refractivity contribution is -0.131. The predicted molar refractivity (Wildman–Crippen MR) is 59.8 cm³/mol. The molecule has 0 spiro atoms. The third-order valence-electron chi connectivity index (χ3n) is 2.24. The Hall–Kier alpha value is -1.55. The average Bonchev–Trinajstić information content (AvgIpc) is 2.26. The van der Waals surface area contributed by atoms with E-state index in [2.05, 4.69) is 0 Å². The lowest BCUT2D eigenvalue weighted by Gasteiger charge is -2.12. The van der Waals surface area contributed by atoms with E-state index in [4.69, 9.17) is 14.6 Å². The molecule has 0 aliphatic heterocycles. The molecule has 4 nitrogen and oxygen atoms in total. The summed E-state index contributed by atoms with van der Waals surface area (Å²) >= 11 is 0. The lowest BCUT2D eigenvalue weighted by atomic mass is 10.0. The minimum Gasteiger partial charge on any atom is -0.497 e. The molecule has 1 rings (SSSR count). The van der Waals surface area contributed by atoms with Crippen LogP contribution in [-0.4, -0.2) is 24.8 Å². The summed E-state index contributed by atoms with van der Waals surface area (Å²) in [5, 5.41) is 9.08. The zero-order valence-corrected chi connectivity index (χ0v) is 9.69. The smallest absolute Gasteiger partial charge is 0.308 e. The number of benzene rings is 1. The highest BCUT2D eigenvalue weighted by molar-refractivity contribution is 5.69. The minimum absolute atomic E-state index is 0.0237. The summed E-state index contributed by atoms with van der Waals surface area (Å²) in [6.45, 7) is 3.26. The minimum atomic E-state index is -0.379. The van der Waals surface area contributed by atoms with Crippen molar-refractivity contribution in [2.24, 2.45) is 0 Å². The van der Waals surface area contributed by atoms with Crippen LogP contribution < -0.4 is 9.47 Å². The Labute approximate surface area is 94.8 Å². The van der Waals surface area contributed by atoms with Gasteiger partial charge >= 0.3 is 5.97 Å². The van der Waals surface area contributed by atoms with Crippen molar-refractivity contribution in [1.29, 1.82) is 0 Å². The first-order chi connectivity index (χ1) is 7.56. The van der Waals surface area contributed by atoms with Gasteiger partial charge in [0.25, 0.3) is 0 Å². The quantitative estimate of drug-likeness (QED) is 0.625. The Morgan fingerprint density at radius 1 is 1.38 bits per heavy atom. The fourth-order valence-corrected chi connectivity index (χ4v) is 1.33. The second-order valence-corrected chi connectivity index (χ2v) is 3.62. The molecule has 16 heavy (non-hydrogen) atoms. The van der Waals surface area contributed by atoms with Gasteiger partial charge in [0.2, 0.25) is 0 Å². The molecule has 0 amide bonds. The Bertz CT molecular complexity index is 373. The van der Waals surface area contributed by atoms with Crippen molar-refractivity contribution in [2.75, 3.05) is 13.7 Å². The molecule has 1 atom stereocenters. The van der Waals surface area contributed by atoms with Gasteiger partial charge in [-0.2, -0.15) is 0 Å². The van der Waals surface area contributed by atoms with Crippen LogP contribution in [0.1, 0.15) is 25.3 Å². The summed E-state index contributed by atoms with van der Waals surface area (Å²) in [6.07, 6.45) is 0. The first kappa shape index (κ1) is 12.5. The number of hydrogen-bond donors (Lipinski definition) is 1. The van der Waals surface area contributed by atoms with Crippen molar-refractivity contribution in [1.82, 2.24) is 0 Å². The van der Waals surface area contributed by atoms with Crippen LogP contribution in [0.5, 0.6) is 11.5 Å². The van der Waals surface area contributed by atoms with Crippen LogP contribution >= 0.6 is 0 Å². The molecule has 1 aromatic rings. The Morgan fingerprint density at radius 3 is 2.50 bits per heavy atom. The highest BCUT2D eigenvalue weighted by atomic mass is 16.5. The number of aliphatic hydroxyl groups excluding tert-OH is 1. The van der Waals surface area contributed by atoms with E-state index in [0.29, 0.717) is 11.5 Å². The van der Waals surface area contributed by atoms with Gasteiger partial charge in [-0.25, -0.2) is 0 Å². The van der Waals surface area contributed by atoms with Crippen LogP contribution in [0, 0.1) is 0 Å². The van der Waals surface area contributed by atoms with Crippen molar-refractivity contribution >= 4 is 5.97 Å². The number of hydrogen-bond acceptors (Lipinski definition) is 4. The van der Waals surface area contributed by atoms with Crippen molar-refractivity contribution in [3.63, 3.8) is 0 Å². The highest BCUT2D eigenvalue weighted by Crippen LogP contribution is 2.27. The zero-order chi connectivity index (χ0) is 12.1. The third-order valence-corrected chi connectivity index (χ3v) is 2.24. The van der Waals surface area contributed by atoms with Gasteiger partial charge in [-0.3, -0.25) is 4.79 Å². The van der Waals surface area contributed by atoms with E-state index in [1.165, 1.54) is 6.92 Å². The van der Waals surface area contributed by atoms with Crippen LogP contribution in [0.25, 0.3) is 0 Å². The van der Waals surface area contributed by atoms with E-state index in [9.17, 15) is 4.79 Å². The summed E-state index contributed by atoms with van der Waals surface area (Å²) in [5.41, 5.74) is 0.873. The molecule has 0 heterocycles. The highest BCUT2D eigenvalue weighted by Gasteiger charge is 2.09. The second kappa shape index (κ2) is 5.51. The maximum atomic E-state index is 10.9. The number of aliphatic hydroxyl groups is 1. The van der Waals surface area contributed by atoms with Crippen LogP contribution in [0.15, 0.2) is 18.2 Å². The molecule has 0 saturated heterocycles. The van der Waals surface area contributed by atoms with E-state index in [-0.39, 0.29) is 18.5 Å². The van der Waals surface area contributed by atoms with E-state index >= 15 is 0 Å². The topological polar surface area (TPSA) is 55.8 Å². The van der Waals surface area contributed by atoms with Crippen molar-refractivity contribution in [2.45, 2.75) is 19.8 Å². The van der Waals surface area contributed by atoms with Gasteiger partial charge in [-0.05, 0) is 17.7 Å². The summed E-state index contributed by atoms with van der Waals surface area (Å²) in [5.74, 6) is 0.636. The first-order valence-corrected chi connectivity index (χ1v) is 5.05. The Balaban J connectivity index is 3.05. The molecule has 1 aromatic carbocycles. The molecule has 1 unspecified atom stereocenters. The van der Waals surface area contributed by atoms with E-state index < -0.39 is 0 Å². The monoisotopic (exact) mass is 224 g/mol. The number of ether oxygens (including phenoxy) is 2. The molecule has 4 heteroatoms. The number of esters is 1. The molecule has 0 aliphatic rings. The number of carbonyl (C=O) groups is 1. The SMILES string of the molecule is COc1cc(OC(C)=O)cc(C(C)CO)c1. The van der Waals surface area contributed by atoms with Gasteiger partial charge in [0, 0.05) is 25.5 Å². The molecule has 88 valence electrons. The van der Waals surface area contributed by atoms with E-state index in [1.54, 1.807) is 19.2 Å². The molecule has 1 N–H and O–H groups in total. The van der Waals surface area contributed by atoms with Crippen molar-refractivity contribution in [3.8, 4) is 11.5 Å². The van der Waals surface area contributed by atoms with Crippen LogP contribution in [0.4, 0.5) is 0 Å². The standard InChI is InChI=1S/C12H16O4/c1-8(7-13)10-4-11(15-3)6-12(5-10)16-9(2)14/h4-6,8,13H,7H2,1-3H3. The fourth-order valence-electron chi connectivity index (χ4n) is 1.33. The summed E-state index contributed by atoms with van der Waals surface area (Å²) in [4.78, 5) is 10.9. The first-order valence-electron chi connectivity index (χ1n) is 5.05. The van der Waals surface area contributed by atoms with Crippen molar-refractivity contribution in [3.05, 3.63) is 23.8 Å². The van der Waals surface area contributed by atoms with Gasteiger partial charge in [0.05, 0.1) is 7.11 Å². The number of rotatable bonds is 4. The Morgan fingerprint density at radius 2 is 2.00 bits per heavy atom. The fraction of sp³-hybridized carbons (Fsp3) is 0.417. The average molecular weight is 224 g/mol. The third kappa shape index (κ3) is 3.24. The Kier molecular flexibility index (Phi) is 4.31. The molecule has 0 aliphatic carbocycles. The van der Waals surface area contributed by atoms with E-state index in [0.717, 1.165) is 5.56 Å². The van der Waals surface area contributed by atoms with Crippen LogP contribution in [-0.2, 0) is 4.79 Å². The van der Waals surface area contributed by atoms with Crippen molar-refractivity contribution < 1.29 is 19.4 Å². The summed E-state index contributed by atoms with van der Waals surface area (Å²) in [6, 6.07) is 5.17. The van der Waals surface area contributed by atoms with Crippen LogP contribution in [0.3, 0.4) is 0 Å². The molecular formula is C12H16O4. The number of methoxy groups -OCH3 is 1. The molecule has 0 aromatic heterocycles. The molecule has 0 radical (unpaired) electrons. The molecular weight excluding hydrogens is 208 g/mol. The zero-order valence-electron chi connectivity index (χ0n) is 9.69. The molecule has 0 bridgehead atoms. The number of carbonyl (C=O) groups excluding carboxylic acids is 1. The molecule has 0 fully saturated rings. The van der Waals surface area contributed by atoms with Gasteiger partial charge < -0.3 is 14.6 Å². The summed E-state index contributed by atoms with van der Waals surface area (Å²) < 4.78 is 10.1. The second-order valence-electron chi connectivity index (χ2n) is 3.62. The normalized spacial score (nSPS) is 12.0. The largest absolute Gasteiger partial charge is 0.497 e. The van der Waals surface area contributed by atoms with E-state index in [1.807, 2.05) is 13.0 Å². The van der Waals surface area contributed by atoms with Crippen LogP contribution in [0.2, 0.25) is 0 Å². The van der Waals surface area contributed by atoms with Gasteiger partial charge in [-0.1, -0.05) is 6.92 Å². The summed E-state index contributed by atoms with van der Waals surface area (Å²) in [7, 11) is 1.54. The van der Waals surface area contributed by atoms with Gasteiger partial charge in [-0.15, -0.1) is 0 Å². The van der Waals surface area contributed by atoms with Gasteiger partial charge in [0.15, 0.2) is 0 Å². The van der Waals surface area contributed by atoms with Gasteiger partial charge in [0.1, 0.15) is 11.5 Å². The maximum Gasteiger partial charge on any atom is 0.308 e. The predicted octanol–water partition coefficient (Wildman–Crippen LogP) is 1.72. The lowest BCUT2D eigenvalue weighted by Crippen LogP contribution is -2.04.